The van der Waals surface area contributed by atoms with Crippen LogP contribution in [0.1, 0.15) is 5.69 Å². The summed E-state index contributed by atoms with van der Waals surface area (Å²) in [5.41, 5.74) is 5.86. The van der Waals surface area contributed by atoms with Gasteiger partial charge >= 0.3 is 0 Å². The summed E-state index contributed by atoms with van der Waals surface area (Å²) in [6.45, 7) is 2.00. The van der Waals surface area contributed by atoms with Gasteiger partial charge in [0, 0.05) is 22.3 Å². The molecule has 0 aliphatic rings. The average Bonchev–Trinajstić information content (AvgIpc) is 2.98. The Morgan fingerprint density at radius 2 is 1.60 bits per heavy atom. The molecule has 124 valence electrons. The molecular formula is C20H16ClN3O. The van der Waals surface area contributed by atoms with Gasteiger partial charge in [0.15, 0.2) is 5.65 Å². The lowest BCUT2D eigenvalue weighted by molar-refractivity contribution is 0.415. The molecule has 0 N–H and O–H groups in total. The molecule has 0 saturated heterocycles. The molecule has 0 saturated carbocycles. The number of methoxy groups -OCH3 is 1. The highest BCUT2D eigenvalue weighted by Crippen LogP contribution is 2.31. The second-order valence-electron chi connectivity index (χ2n) is 5.76. The van der Waals surface area contributed by atoms with Gasteiger partial charge in [-0.2, -0.15) is 5.10 Å². The number of halogens is 1. The van der Waals surface area contributed by atoms with E-state index in [2.05, 4.69) is 4.98 Å². The Kier molecular flexibility index (Phi) is 3.90. The number of nitrogens with zero attached hydrogens (tertiary/aromatic N) is 3. The van der Waals surface area contributed by atoms with Gasteiger partial charge in [0.25, 0.3) is 0 Å². The fourth-order valence-electron chi connectivity index (χ4n) is 2.99. The molecule has 2 aromatic carbocycles. The third-order valence-corrected chi connectivity index (χ3v) is 4.46. The van der Waals surface area contributed by atoms with E-state index < -0.39 is 0 Å². The molecule has 0 atom stereocenters. The molecule has 2 aromatic heterocycles. The summed E-state index contributed by atoms with van der Waals surface area (Å²) in [6.07, 6.45) is 1.81. The minimum atomic E-state index is 0.713. The molecular weight excluding hydrogens is 334 g/mol. The Morgan fingerprint density at radius 1 is 0.920 bits per heavy atom. The summed E-state index contributed by atoms with van der Waals surface area (Å²) in [5, 5.41) is 5.43. The number of aromatic nitrogens is 3. The predicted octanol–water partition coefficient (Wildman–Crippen LogP) is 5.03. The number of benzene rings is 2. The van der Waals surface area contributed by atoms with Crippen molar-refractivity contribution >= 4 is 17.2 Å². The van der Waals surface area contributed by atoms with Crippen molar-refractivity contribution in [2.24, 2.45) is 0 Å². The van der Waals surface area contributed by atoms with Crippen molar-refractivity contribution < 1.29 is 4.74 Å². The van der Waals surface area contributed by atoms with Crippen LogP contribution in [0.15, 0.2) is 60.8 Å². The van der Waals surface area contributed by atoms with Gasteiger partial charge in [0.05, 0.1) is 18.5 Å². The maximum atomic E-state index is 6.01. The van der Waals surface area contributed by atoms with Crippen LogP contribution in [-0.2, 0) is 0 Å². The quantitative estimate of drug-likeness (QED) is 0.520. The Balaban J connectivity index is 1.91. The van der Waals surface area contributed by atoms with E-state index in [0.29, 0.717) is 5.02 Å². The number of hydrogen-bond acceptors (Lipinski definition) is 3. The smallest absolute Gasteiger partial charge is 0.163 e. The highest BCUT2D eigenvalue weighted by Gasteiger charge is 2.15. The first-order chi connectivity index (χ1) is 12.2. The zero-order valence-corrected chi connectivity index (χ0v) is 14.7. The Labute approximate surface area is 150 Å². The van der Waals surface area contributed by atoms with Crippen LogP contribution in [0, 0.1) is 6.92 Å². The molecule has 5 heteroatoms. The van der Waals surface area contributed by atoms with E-state index >= 15 is 0 Å². The first-order valence-electron chi connectivity index (χ1n) is 7.92. The molecule has 0 fully saturated rings. The van der Waals surface area contributed by atoms with Gasteiger partial charge in [-0.1, -0.05) is 23.7 Å². The van der Waals surface area contributed by atoms with E-state index in [9.17, 15) is 0 Å². The molecule has 25 heavy (non-hydrogen) atoms. The summed E-state index contributed by atoms with van der Waals surface area (Å²) in [6, 6.07) is 17.6. The first-order valence-corrected chi connectivity index (χ1v) is 8.30. The minimum absolute atomic E-state index is 0.713. The molecule has 2 heterocycles. The standard InChI is InChI=1S/C20H16ClN3O/c1-13-19(15-3-7-16(21)8-4-15)20-22-12-11-18(24(20)23-13)14-5-9-17(25-2)10-6-14/h3-12H,1-2H3. The summed E-state index contributed by atoms with van der Waals surface area (Å²) in [5.74, 6) is 0.826. The van der Waals surface area contributed by atoms with E-state index in [1.165, 1.54) is 0 Å². The predicted molar refractivity (Wildman–Crippen MR) is 100 cm³/mol. The van der Waals surface area contributed by atoms with Crippen LogP contribution in [0.4, 0.5) is 0 Å². The fraction of sp³-hybridized carbons (Fsp3) is 0.100. The summed E-state index contributed by atoms with van der Waals surface area (Å²) < 4.78 is 7.13. The largest absolute Gasteiger partial charge is 0.497 e. The van der Waals surface area contributed by atoms with E-state index in [-0.39, 0.29) is 0 Å². The Morgan fingerprint density at radius 3 is 2.28 bits per heavy atom. The van der Waals surface area contributed by atoms with Gasteiger partial charge < -0.3 is 4.74 Å². The molecule has 0 aliphatic heterocycles. The van der Waals surface area contributed by atoms with Crippen LogP contribution in [0.3, 0.4) is 0 Å². The summed E-state index contributed by atoms with van der Waals surface area (Å²) in [4.78, 5) is 4.56. The summed E-state index contributed by atoms with van der Waals surface area (Å²) in [7, 11) is 1.66. The molecule has 0 spiro atoms. The van der Waals surface area contributed by atoms with Crippen LogP contribution in [0.2, 0.25) is 5.02 Å². The van der Waals surface area contributed by atoms with Crippen molar-refractivity contribution in [2.45, 2.75) is 6.92 Å². The van der Waals surface area contributed by atoms with Crippen molar-refractivity contribution in [3.05, 3.63) is 71.5 Å². The third kappa shape index (κ3) is 2.75. The molecule has 0 radical (unpaired) electrons. The average molecular weight is 350 g/mol. The molecule has 4 rings (SSSR count). The molecule has 0 aliphatic carbocycles. The lowest BCUT2D eigenvalue weighted by atomic mass is 10.1. The van der Waals surface area contributed by atoms with Gasteiger partial charge in [-0.25, -0.2) is 9.50 Å². The highest BCUT2D eigenvalue weighted by molar-refractivity contribution is 6.30. The maximum Gasteiger partial charge on any atom is 0.163 e. The number of aryl methyl sites for hydroxylation is 1. The molecule has 0 unspecified atom stereocenters. The van der Waals surface area contributed by atoms with Crippen molar-refractivity contribution in [2.75, 3.05) is 7.11 Å². The van der Waals surface area contributed by atoms with Crippen LogP contribution in [0.5, 0.6) is 5.75 Å². The van der Waals surface area contributed by atoms with Crippen LogP contribution in [-0.4, -0.2) is 21.7 Å². The van der Waals surface area contributed by atoms with Gasteiger partial charge in [-0.15, -0.1) is 0 Å². The molecule has 4 aromatic rings. The maximum absolute atomic E-state index is 6.01. The molecule has 0 amide bonds. The lowest BCUT2D eigenvalue weighted by Gasteiger charge is -2.06. The minimum Gasteiger partial charge on any atom is -0.497 e. The van der Waals surface area contributed by atoms with E-state index in [4.69, 9.17) is 21.4 Å². The van der Waals surface area contributed by atoms with Crippen LogP contribution in [0.25, 0.3) is 28.0 Å². The zero-order chi connectivity index (χ0) is 17.4. The Bertz CT molecular complexity index is 1040. The van der Waals surface area contributed by atoms with Crippen molar-refractivity contribution in [1.29, 1.82) is 0 Å². The number of fused-ring (bicyclic) bond motifs is 1. The van der Waals surface area contributed by atoms with Crippen LogP contribution < -0.4 is 4.74 Å². The number of rotatable bonds is 3. The normalized spacial score (nSPS) is 11.0. The second kappa shape index (κ2) is 6.22. The van der Waals surface area contributed by atoms with Crippen molar-refractivity contribution in [3.8, 4) is 28.1 Å². The number of ether oxygens (including phenoxy) is 1. The zero-order valence-electron chi connectivity index (χ0n) is 13.9. The fourth-order valence-corrected chi connectivity index (χ4v) is 3.11. The van der Waals surface area contributed by atoms with Crippen molar-refractivity contribution in [1.82, 2.24) is 14.6 Å². The summed E-state index contributed by atoms with van der Waals surface area (Å²) >= 11 is 6.01. The van der Waals surface area contributed by atoms with Crippen molar-refractivity contribution in [3.63, 3.8) is 0 Å². The first kappa shape index (κ1) is 15.7. The molecule has 0 bridgehead atoms. The monoisotopic (exact) mass is 349 g/mol. The van der Waals surface area contributed by atoms with Gasteiger partial charge in [-0.05, 0) is 55.0 Å². The van der Waals surface area contributed by atoms with Gasteiger partial charge in [0.1, 0.15) is 5.75 Å². The van der Waals surface area contributed by atoms with E-state index in [1.807, 2.05) is 72.2 Å². The number of hydrogen-bond donors (Lipinski definition) is 0. The second-order valence-corrected chi connectivity index (χ2v) is 6.20. The highest BCUT2D eigenvalue weighted by atomic mass is 35.5. The van der Waals surface area contributed by atoms with E-state index in [0.717, 1.165) is 39.5 Å². The molecule has 4 nitrogen and oxygen atoms in total. The van der Waals surface area contributed by atoms with Gasteiger partial charge in [0.2, 0.25) is 0 Å². The SMILES string of the molecule is COc1ccc(-c2ccnc3c(-c4ccc(Cl)cc4)c(C)nn23)cc1. The van der Waals surface area contributed by atoms with Crippen LogP contribution >= 0.6 is 11.6 Å². The Hall–Kier alpha value is -2.85. The van der Waals surface area contributed by atoms with Gasteiger partial charge in [-0.3, -0.25) is 0 Å². The topological polar surface area (TPSA) is 39.4 Å². The van der Waals surface area contributed by atoms with E-state index in [1.54, 1.807) is 7.11 Å². The third-order valence-electron chi connectivity index (χ3n) is 4.21. The lowest BCUT2D eigenvalue weighted by Crippen LogP contribution is -1.96.